The summed E-state index contributed by atoms with van der Waals surface area (Å²) < 4.78 is 38.9. The van der Waals surface area contributed by atoms with Crippen LogP contribution >= 0.6 is 11.3 Å². The van der Waals surface area contributed by atoms with Crippen molar-refractivity contribution in [2.75, 3.05) is 37.8 Å². The Morgan fingerprint density at radius 2 is 1.92 bits per heavy atom. The molecule has 1 atom stereocenters. The molecule has 1 fully saturated rings. The number of urea groups is 1. The van der Waals surface area contributed by atoms with Gasteiger partial charge in [0.05, 0.1) is 16.6 Å². The number of nitrogens with one attached hydrogen (secondary N) is 2. The quantitative estimate of drug-likeness (QED) is 0.467. The second-order valence-electron chi connectivity index (χ2n) is 8.97. The third kappa shape index (κ3) is 6.67. The number of anilines is 2. The van der Waals surface area contributed by atoms with Crippen LogP contribution in [0.15, 0.2) is 42.7 Å². The number of likely N-dealkylation sites (tertiary alicyclic amines) is 1. The maximum absolute atomic E-state index is 13.0. The number of carbonyl (C=O) groups is 2. The van der Waals surface area contributed by atoms with E-state index in [1.807, 2.05) is 21.0 Å². The van der Waals surface area contributed by atoms with E-state index >= 15 is 0 Å². The zero-order valence-electron chi connectivity index (χ0n) is 20.9. The Balaban J connectivity index is 1.41. The number of hydrogen-bond donors (Lipinski definition) is 2. The number of benzene rings is 1. The van der Waals surface area contributed by atoms with Gasteiger partial charge in [-0.2, -0.15) is 13.2 Å². The largest absolute Gasteiger partial charge is 0.416 e. The second-order valence-corrected chi connectivity index (χ2v) is 10.0. The topological polar surface area (TPSA) is 90.5 Å². The number of hydrogen-bond acceptors (Lipinski definition) is 6. The van der Waals surface area contributed by atoms with Crippen LogP contribution in [0.25, 0.3) is 0 Å². The van der Waals surface area contributed by atoms with Gasteiger partial charge in [-0.1, -0.05) is 23.3 Å². The lowest BCUT2D eigenvalue weighted by molar-refractivity contribution is -0.137. The van der Waals surface area contributed by atoms with Crippen molar-refractivity contribution >= 4 is 34.1 Å². The number of amides is 3. The number of thiazole rings is 1. The van der Waals surface area contributed by atoms with Gasteiger partial charge in [0.1, 0.15) is 5.69 Å². The first kappa shape index (κ1) is 27.1. The Kier molecular flexibility index (Phi) is 7.99. The predicted octanol–water partition coefficient (Wildman–Crippen LogP) is 4.69. The average Bonchev–Trinajstić information content (AvgIpc) is 3.54. The Bertz CT molecular complexity index is 1410. The zero-order chi connectivity index (χ0) is 27.4. The zero-order valence-corrected chi connectivity index (χ0v) is 21.7. The SMILES string of the molecule is Cc1ccc(NC(=O)c2cc(C(F)(F)F)ccn2)cc1C#Cc1cnc(NC(=O)N2CCC(N(C)C)C2)s1. The summed E-state index contributed by atoms with van der Waals surface area (Å²) in [5.74, 6) is 5.27. The molecule has 0 spiro atoms. The fourth-order valence-corrected chi connectivity index (χ4v) is 4.46. The molecule has 38 heavy (non-hydrogen) atoms. The molecule has 2 N–H and O–H groups in total. The first-order chi connectivity index (χ1) is 18.0. The third-order valence-electron chi connectivity index (χ3n) is 6.04. The van der Waals surface area contributed by atoms with Crippen LogP contribution in [0.1, 0.15) is 38.5 Å². The van der Waals surface area contributed by atoms with E-state index in [1.165, 1.54) is 11.3 Å². The monoisotopic (exact) mass is 542 g/mol. The fraction of sp³-hybridized carbons (Fsp3) is 0.308. The lowest BCUT2D eigenvalue weighted by Gasteiger charge is -2.20. The van der Waals surface area contributed by atoms with Gasteiger partial charge in [-0.05, 0) is 63.2 Å². The van der Waals surface area contributed by atoms with Crippen molar-refractivity contribution in [3.63, 3.8) is 0 Å². The smallest absolute Gasteiger partial charge is 0.323 e. The number of nitrogens with zero attached hydrogens (tertiary/aromatic N) is 4. The van der Waals surface area contributed by atoms with Gasteiger partial charge < -0.3 is 15.1 Å². The highest BCUT2D eigenvalue weighted by molar-refractivity contribution is 7.16. The molecular formula is C26H25F3N6O2S. The van der Waals surface area contributed by atoms with Crippen LogP contribution in [0.3, 0.4) is 0 Å². The highest BCUT2D eigenvalue weighted by Gasteiger charge is 2.31. The first-order valence-electron chi connectivity index (χ1n) is 11.6. The van der Waals surface area contributed by atoms with E-state index in [9.17, 15) is 22.8 Å². The number of aromatic nitrogens is 2. The molecule has 0 aliphatic carbocycles. The van der Waals surface area contributed by atoms with Crippen molar-refractivity contribution in [2.24, 2.45) is 0 Å². The second kappa shape index (κ2) is 11.2. The molecule has 198 valence electrons. The summed E-state index contributed by atoms with van der Waals surface area (Å²) in [5, 5.41) is 5.82. The van der Waals surface area contributed by atoms with Gasteiger partial charge in [-0.3, -0.25) is 15.1 Å². The number of pyridine rings is 1. The fourth-order valence-electron chi connectivity index (χ4n) is 3.80. The summed E-state index contributed by atoms with van der Waals surface area (Å²) in [5.41, 5.74) is 0.522. The van der Waals surface area contributed by atoms with Crippen molar-refractivity contribution in [3.8, 4) is 11.8 Å². The highest BCUT2D eigenvalue weighted by Crippen LogP contribution is 2.29. The molecule has 1 aromatic carbocycles. The molecule has 1 saturated heterocycles. The van der Waals surface area contributed by atoms with Gasteiger partial charge in [0.25, 0.3) is 5.91 Å². The molecule has 3 amide bonds. The van der Waals surface area contributed by atoms with Gasteiger partial charge in [0, 0.05) is 36.6 Å². The lowest BCUT2D eigenvalue weighted by atomic mass is 10.1. The molecule has 12 heteroatoms. The summed E-state index contributed by atoms with van der Waals surface area (Å²) in [4.78, 5) is 37.5. The van der Waals surface area contributed by atoms with Gasteiger partial charge in [0.15, 0.2) is 5.13 Å². The van der Waals surface area contributed by atoms with Crippen molar-refractivity contribution in [2.45, 2.75) is 25.6 Å². The Hall–Kier alpha value is -3.95. The third-order valence-corrected chi connectivity index (χ3v) is 6.86. The molecule has 0 saturated carbocycles. The molecule has 3 heterocycles. The predicted molar refractivity (Wildman–Crippen MR) is 139 cm³/mol. The number of likely N-dealkylation sites (N-methyl/N-ethyl adjacent to an activating group) is 1. The van der Waals surface area contributed by atoms with E-state index in [-0.39, 0.29) is 11.7 Å². The van der Waals surface area contributed by atoms with E-state index in [4.69, 9.17) is 0 Å². The summed E-state index contributed by atoms with van der Waals surface area (Å²) in [7, 11) is 3.99. The summed E-state index contributed by atoms with van der Waals surface area (Å²) in [6.45, 7) is 3.19. The van der Waals surface area contributed by atoms with E-state index < -0.39 is 17.6 Å². The van der Waals surface area contributed by atoms with E-state index in [0.717, 1.165) is 24.2 Å². The van der Waals surface area contributed by atoms with Crippen LogP contribution in [-0.4, -0.2) is 64.9 Å². The molecule has 3 aromatic rings. The summed E-state index contributed by atoms with van der Waals surface area (Å²) in [6.07, 6.45) is -1.14. The van der Waals surface area contributed by atoms with Crippen molar-refractivity contribution in [1.29, 1.82) is 0 Å². The van der Waals surface area contributed by atoms with Gasteiger partial charge in [-0.25, -0.2) is 9.78 Å². The molecule has 0 bridgehead atoms. The van der Waals surface area contributed by atoms with E-state index in [0.29, 0.717) is 46.5 Å². The van der Waals surface area contributed by atoms with Crippen LogP contribution in [0.5, 0.6) is 0 Å². The van der Waals surface area contributed by atoms with Gasteiger partial charge in [-0.15, -0.1) is 0 Å². The Morgan fingerprint density at radius 1 is 1.13 bits per heavy atom. The molecule has 8 nitrogen and oxygen atoms in total. The molecule has 1 aliphatic rings. The number of carbonyl (C=O) groups excluding carboxylic acids is 2. The molecular weight excluding hydrogens is 517 g/mol. The standard InChI is InChI=1S/C26H25F3N6O2S/c1-16-4-6-19(32-23(36)22-13-18(8-10-30-22)26(27,28)29)12-17(16)5-7-21-14-31-24(38-21)33-25(37)35-11-9-20(15-35)34(2)3/h4,6,8,10,12-14,20H,9,11,15H2,1-3H3,(H,32,36)(H,31,33,37). The average molecular weight is 543 g/mol. The van der Waals surface area contributed by atoms with Gasteiger partial charge >= 0.3 is 12.2 Å². The number of alkyl halides is 3. The van der Waals surface area contributed by atoms with Crippen molar-refractivity contribution in [3.05, 3.63) is 70.0 Å². The molecule has 4 rings (SSSR count). The maximum Gasteiger partial charge on any atom is 0.416 e. The van der Waals surface area contributed by atoms with Crippen molar-refractivity contribution < 1.29 is 22.8 Å². The van der Waals surface area contributed by atoms with Gasteiger partial charge in [0.2, 0.25) is 0 Å². The summed E-state index contributed by atoms with van der Waals surface area (Å²) >= 11 is 1.24. The number of halogens is 3. The number of aryl methyl sites for hydroxylation is 1. The van der Waals surface area contributed by atoms with Crippen molar-refractivity contribution in [1.82, 2.24) is 19.8 Å². The van der Waals surface area contributed by atoms with Crippen LogP contribution in [0, 0.1) is 18.8 Å². The summed E-state index contributed by atoms with van der Waals surface area (Å²) in [6, 6.07) is 6.65. The highest BCUT2D eigenvalue weighted by atomic mass is 32.1. The van der Waals surface area contributed by atoms with Crippen LogP contribution in [-0.2, 0) is 6.18 Å². The Morgan fingerprint density at radius 3 is 2.63 bits per heavy atom. The minimum Gasteiger partial charge on any atom is -0.323 e. The van der Waals surface area contributed by atoms with Crippen LogP contribution < -0.4 is 10.6 Å². The minimum atomic E-state index is -4.58. The molecule has 2 aromatic heterocycles. The molecule has 0 radical (unpaired) electrons. The van der Waals surface area contributed by atoms with E-state index in [1.54, 1.807) is 29.3 Å². The first-order valence-corrected chi connectivity index (χ1v) is 12.5. The van der Waals surface area contributed by atoms with Crippen LogP contribution in [0.2, 0.25) is 0 Å². The molecule has 1 unspecified atom stereocenters. The lowest BCUT2D eigenvalue weighted by Crippen LogP contribution is -2.36. The number of rotatable bonds is 4. The molecule has 1 aliphatic heterocycles. The normalized spacial score (nSPS) is 15.2. The van der Waals surface area contributed by atoms with Crippen LogP contribution in [0.4, 0.5) is 28.8 Å². The Labute approximate surface area is 221 Å². The van der Waals surface area contributed by atoms with E-state index in [2.05, 4.69) is 37.3 Å². The maximum atomic E-state index is 13.0. The minimum absolute atomic E-state index is 0.197.